The van der Waals surface area contributed by atoms with Crippen LogP contribution >= 0.6 is 0 Å². The minimum atomic E-state index is -3.55. The first-order chi connectivity index (χ1) is 14.4. The molecule has 3 aromatic rings. The number of pyridine rings is 1. The summed E-state index contributed by atoms with van der Waals surface area (Å²) in [7, 11) is -3.55. The number of benzene rings is 2. The minimum absolute atomic E-state index is 0.00552. The molecule has 0 spiro atoms. The Kier molecular flexibility index (Phi) is 5.58. The quantitative estimate of drug-likeness (QED) is 0.676. The number of rotatable bonds is 4. The van der Waals surface area contributed by atoms with E-state index in [0.29, 0.717) is 17.8 Å². The van der Waals surface area contributed by atoms with Gasteiger partial charge in [0, 0.05) is 29.2 Å². The van der Waals surface area contributed by atoms with Crippen LogP contribution in [0.4, 0.5) is 5.69 Å². The lowest BCUT2D eigenvalue weighted by atomic mass is 10.1. The summed E-state index contributed by atoms with van der Waals surface area (Å²) in [5.41, 5.74) is 2.61. The number of hydrogen-bond donors (Lipinski definition) is 1. The molecule has 7 heteroatoms. The van der Waals surface area contributed by atoms with Gasteiger partial charge in [-0.15, -0.1) is 0 Å². The molecule has 1 unspecified atom stereocenters. The topological polar surface area (TPSA) is 79.4 Å². The van der Waals surface area contributed by atoms with Crippen molar-refractivity contribution in [3.05, 3.63) is 65.9 Å². The predicted octanol–water partition coefficient (Wildman–Crippen LogP) is 4.36. The second-order valence-corrected chi connectivity index (χ2v) is 9.66. The van der Waals surface area contributed by atoms with Gasteiger partial charge in [0.25, 0.3) is 5.91 Å². The van der Waals surface area contributed by atoms with Crippen LogP contribution < -0.4 is 5.32 Å². The van der Waals surface area contributed by atoms with E-state index in [1.165, 1.54) is 12.1 Å². The van der Waals surface area contributed by atoms with E-state index in [4.69, 9.17) is 0 Å². The lowest BCUT2D eigenvalue weighted by molar-refractivity contribution is 0.102. The van der Waals surface area contributed by atoms with Crippen LogP contribution in [-0.4, -0.2) is 36.2 Å². The summed E-state index contributed by atoms with van der Waals surface area (Å²) < 4.78 is 27.5. The molecule has 2 heterocycles. The number of carbonyl (C=O) groups is 1. The molecule has 6 nitrogen and oxygen atoms in total. The second kappa shape index (κ2) is 8.16. The Balaban J connectivity index is 1.56. The van der Waals surface area contributed by atoms with Gasteiger partial charge >= 0.3 is 0 Å². The third-order valence-corrected chi connectivity index (χ3v) is 7.60. The van der Waals surface area contributed by atoms with Crippen LogP contribution in [0.1, 0.15) is 42.2 Å². The van der Waals surface area contributed by atoms with Crippen LogP contribution in [-0.2, 0) is 10.0 Å². The van der Waals surface area contributed by atoms with E-state index in [9.17, 15) is 13.2 Å². The third-order valence-electron chi connectivity index (χ3n) is 5.57. The molecule has 0 bridgehead atoms. The summed E-state index contributed by atoms with van der Waals surface area (Å²) in [5.74, 6) is -0.305. The minimum Gasteiger partial charge on any atom is -0.320 e. The van der Waals surface area contributed by atoms with Crippen molar-refractivity contribution < 1.29 is 13.2 Å². The summed E-state index contributed by atoms with van der Waals surface area (Å²) in [4.78, 5) is 17.5. The largest absolute Gasteiger partial charge is 0.320 e. The maximum absolute atomic E-state index is 13.0. The molecule has 1 aliphatic rings. The zero-order valence-corrected chi connectivity index (χ0v) is 17.9. The number of hydrogen-bond acceptors (Lipinski definition) is 4. The summed E-state index contributed by atoms with van der Waals surface area (Å²) in [6, 6.07) is 15.6. The highest BCUT2D eigenvalue weighted by Crippen LogP contribution is 2.26. The molecular weight excluding hydrogens is 398 g/mol. The van der Waals surface area contributed by atoms with Crippen LogP contribution in [0.3, 0.4) is 0 Å². The zero-order valence-electron chi connectivity index (χ0n) is 17.1. The van der Waals surface area contributed by atoms with Gasteiger partial charge in [-0.3, -0.25) is 9.78 Å². The Morgan fingerprint density at radius 3 is 2.57 bits per heavy atom. The van der Waals surface area contributed by atoms with E-state index in [1.54, 1.807) is 16.4 Å². The fourth-order valence-corrected chi connectivity index (χ4v) is 5.58. The number of amides is 1. The first-order valence-corrected chi connectivity index (χ1v) is 11.6. The fraction of sp³-hybridized carbons (Fsp3) is 0.304. The van der Waals surface area contributed by atoms with E-state index in [-0.39, 0.29) is 16.8 Å². The van der Waals surface area contributed by atoms with Gasteiger partial charge in [-0.25, -0.2) is 8.42 Å². The van der Waals surface area contributed by atoms with E-state index in [0.717, 1.165) is 35.9 Å². The SMILES string of the molecule is Cc1ccc2cccc(NC(=O)c3ccc(S(=O)(=O)N4CCCCC4C)cc3)c2n1. The van der Waals surface area contributed by atoms with Crippen molar-refractivity contribution in [3.63, 3.8) is 0 Å². The number of nitrogens with zero attached hydrogens (tertiary/aromatic N) is 2. The fourth-order valence-electron chi connectivity index (χ4n) is 3.88. The smallest absolute Gasteiger partial charge is 0.255 e. The number of anilines is 1. The Morgan fingerprint density at radius 2 is 1.83 bits per heavy atom. The van der Waals surface area contributed by atoms with Crippen LogP contribution in [0, 0.1) is 6.92 Å². The van der Waals surface area contributed by atoms with Crippen molar-refractivity contribution in [1.29, 1.82) is 0 Å². The Hall–Kier alpha value is -2.77. The highest BCUT2D eigenvalue weighted by molar-refractivity contribution is 7.89. The van der Waals surface area contributed by atoms with Crippen molar-refractivity contribution in [2.75, 3.05) is 11.9 Å². The molecule has 1 amide bonds. The molecule has 1 N–H and O–H groups in total. The Labute approximate surface area is 177 Å². The van der Waals surface area contributed by atoms with Crippen molar-refractivity contribution >= 4 is 32.5 Å². The number of para-hydroxylation sites is 1. The maximum Gasteiger partial charge on any atom is 0.255 e. The summed E-state index contributed by atoms with van der Waals surface area (Å²) in [6.07, 6.45) is 2.80. The van der Waals surface area contributed by atoms with Gasteiger partial charge < -0.3 is 5.32 Å². The average molecular weight is 424 g/mol. The molecule has 0 aliphatic carbocycles. The molecule has 1 saturated heterocycles. The monoisotopic (exact) mass is 423 g/mol. The first kappa shape index (κ1) is 20.5. The standard InChI is InChI=1S/C23H25N3O3S/c1-16-9-10-18-7-5-8-21(22(18)24-16)25-23(27)19-11-13-20(14-12-19)30(28,29)26-15-4-3-6-17(26)2/h5,7-14,17H,3-4,6,15H2,1-2H3,(H,25,27). The molecule has 1 atom stereocenters. The highest BCUT2D eigenvalue weighted by atomic mass is 32.2. The number of piperidine rings is 1. The second-order valence-electron chi connectivity index (χ2n) is 7.77. The van der Waals surface area contributed by atoms with Gasteiger partial charge in [0.05, 0.1) is 16.1 Å². The first-order valence-electron chi connectivity index (χ1n) is 10.2. The van der Waals surface area contributed by atoms with Crippen molar-refractivity contribution in [2.45, 2.75) is 44.0 Å². The average Bonchev–Trinajstić information content (AvgIpc) is 2.74. The van der Waals surface area contributed by atoms with Crippen molar-refractivity contribution in [3.8, 4) is 0 Å². The Morgan fingerprint density at radius 1 is 1.07 bits per heavy atom. The van der Waals surface area contributed by atoms with Gasteiger partial charge in [-0.2, -0.15) is 4.31 Å². The number of aromatic nitrogens is 1. The van der Waals surface area contributed by atoms with E-state index >= 15 is 0 Å². The maximum atomic E-state index is 13.0. The molecule has 0 radical (unpaired) electrons. The van der Waals surface area contributed by atoms with Gasteiger partial charge in [-0.05, 0) is 63.1 Å². The highest BCUT2D eigenvalue weighted by Gasteiger charge is 2.30. The molecule has 1 fully saturated rings. The third kappa shape index (κ3) is 3.95. The number of carbonyl (C=O) groups excluding carboxylic acids is 1. The number of fused-ring (bicyclic) bond motifs is 1. The summed E-state index contributed by atoms with van der Waals surface area (Å²) >= 11 is 0. The van der Waals surface area contributed by atoms with E-state index in [2.05, 4.69) is 10.3 Å². The number of nitrogens with one attached hydrogen (secondary N) is 1. The van der Waals surface area contributed by atoms with Gasteiger partial charge in [0.15, 0.2) is 0 Å². The van der Waals surface area contributed by atoms with Crippen LogP contribution in [0.25, 0.3) is 10.9 Å². The molecule has 156 valence electrons. The molecular formula is C23H25N3O3S. The summed E-state index contributed by atoms with van der Waals surface area (Å²) in [5, 5.41) is 3.84. The van der Waals surface area contributed by atoms with E-state index in [1.807, 2.05) is 44.2 Å². The lowest BCUT2D eigenvalue weighted by Gasteiger charge is -2.32. The van der Waals surface area contributed by atoms with Crippen molar-refractivity contribution in [2.24, 2.45) is 0 Å². The zero-order chi connectivity index (χ0) is 21.3. The summed E-state index contributed by atoms with van der Waals surface area (Å²) in [6.45, 7) is 4.39. The number of aryl methyl sites for hydroxylation is 1. The molecule has 1 aromatic heterocycles. The van der Waals surface area contributed by atoms with Crippen LogP contribution in [0.5, 0.6) is 0 Å². The van der Waals surface area contributed by atoms with Crippen LogP contribution in [0.2, 0.25) is 0 Å². The molecule has 0 saturated carbocycles. The molecule has 2 aromatic carbocycles. The van der Waals surface area contributed by atoms with Gasteiger partial charge in [0.1, 0.15) is 0 Å². The number of sulfonamides is 1. The molecule has 4 rings (SSSR count). The predicted molar refractivity (Wildman–Crippen MR) is 118 cm³/mol. The van der Waals surface area contributed by atoms with Crippen molar-refractivity contribution in [1.82, 2.24) is 9.29 Å². The van der Waals surface area contributed by atoms with Gasteiger partial charge in [-0.1, -0.05) is 24.6 Å². The normalized spacial score (nSPS) is 17.7. The van der Waals surface area contributed by atoms with E-state index < -0.39 is 10.0 Å². The molecule has 30 heavy (non-hydrogen) atoms. The van der Waals surface area contributed by atoms with Crippen LogP contribution in [0.15, 0.2) is 59.5 Å². The Bertz CT molecular complexity index is 1190. The molecule has 1 aliphatic heterocycles. The lowest BCUT2D eigenvalue weighted by Crippen LogP contribution is -2.41. The van der Waals surface area contributed by atoms with Gasteiger partial charge in [0.2, 0.25) is 10.0 Å².